The highest BCUT2D eigenvalue weighted by Crippen LogP contribution is 2.37. The normalized spacial score (nSPS) is 10.7. The molecule has 0 saturated carbocycles. The van der Waals surface area contributed by atoms with Gasteiger partial charge in [-0.2, -0.15) is 0 Å². The Labute approximate surface area is 168 Å². The second kappa shape index (κ2) is 7.95. The molecule has 28 heavy (non-hydrogen) atoms. The van der Waals surface area contributed by atoms with Gasteiger partial charge in [-0.3, -0.25) is 0 Å². The molecule has 3 N–H and O–H groups in total. The van der Waals surface area contributed by atoms with E-state index in [1.807, 2.05) is 12.3 Å². The molecular formula is C18H17N3O5S2. The molecule has 3 aromatic rings. The van der Waals surface area contributed by atoms with Crippen LogP contribution in [-0.4, -0.2) is 39.4 Å². The second-order valence-corrected chi connectivity index (χ2v) is 7.84. The Balaban J connectivity index is 1.89. The number of amides is 1. The van der Waals surface area contributed by atoms with Crippen LogP contribution in [0.2, 0.25) is 0 Å². The zero-order chi connectivity index (χ0) is 20.4. The van der Waals surface area contributed by atoms with Crippen LogP contribution in [-0.2, 0) is 11.3 Å². The van der Waals surface area contributed by atoms with Crippen molar-refractivity contribution < 1.29 is 24.5 Å². The Kier molecular flexibility index (Phi) is 5.61. The number of rotatable bonds is 5. The summed E-state index contributed by atoms with van der Waals surface area (Å²) in [6.07, 6.45) is -0.523. The third-order valence-corrected chi connectivity index (χ3v) is 6.01. The summed E-state index contributed by atoms with van der Waals surface area (Å²) in [4.78, 5) is 32.3. The van der Waals surface area contributed by atoms with Gasteiger partial charge in [0.2, 0.25) is 0 Å². The predicted octanol–water partition coefficient (Wildman–Crippen LogP) is 3.81. The molecule has 2 heterocycles. The van der Waals surface area contributed by atoms with Crippen LogP contribution in [0.3, 0.4) is 0 Å². The van der Waals surface area contributed by atoms with Gasteiger partial charge in [0, 0.05) is 10.9 Å². The first kappa shape index (κ1) is 19.8. The van der Waals surface area contributed by atoms with E-state index in [1.54, 1.807) is 6.92 Å². The number of methoxy groups -OCH3 is 1. The average molecular weight is 419 g/mol. The first-order valence-electron chi connectivity index (χ1n) is 8.11. The number of benzene rings is 1. The number of nitrogens with one attached hydrogen (secondary N) is 1. The van der Waals surface area contributed by atoms with Gasteiger partial charge in [0.05, 0.1) is 29.9 Å². The van der Waals surface area contributed by atoms with Crippen molar-refractivity contribution >= 4 is 34.7 Å². The SMILES string of the molecule is COC(=O)NCc1nc(C)c(-c2csc(-c3cc(O)c(C(=O)O)cc3C)n2)s1. The van der Waals surface area contributed by atoms with Gasteiger partial charge in [0.15, 0.2) is 0 Å². The number of aromatic hydroxyl groups is 1. The van der Waals surface area contributed by atoms with Crippen molar-refractivity contribution in [2.45, 2.75) is 20.4 Å². The van der Waals surface area contributed by atoms with Crippen LogP contribution in [0.1, 0.15) is 26.6 Å². The van der Waals surface area contributed by atoms with Crippen molar-refractivity contribution in [1.29, 1.82) is 0 Å². The standard InChI is InChI=1S/C18H17N3O5S2/c1-8-4-11(17(23)24)13(22)5-10(8)16-21-12(7-27-16)15-9(2)20-14(28-15)6-19-18(25)26-3/h4-5,7,22H,6H2,1-3H3,(H,19,25)(H,23,24). The monoisotopic (exact) mass is 419 g/mol. The number of carbonyl (C=O) groups is 2. The van der Waals surface area contributed by atoms with Crippen molar-refractivity contribution in [3.05, 3.63) is 39.3 Å². The van der Waals surface area contributed by atoms with E-state index >= 15 is 0 Å². The summed E-state index contributed by atoms with van der Waals surface area (Å²) >= 11 is 2.82. The Morgan fingerprint density at radius 1 is 1.25 bits per heavy atom. The quantitative estimate of drug-likeness (QED) is 0.575. The number of aryl methyl sites for hydroxylation is 2. The molecule has 0 bridgehead atoms. The molecule has 0 atom stereocenters. The molecule has 1 amide bonds. The van der Waals surface area contributed by atoms with Gasteiger partial charge < -0.3 is 20.3 Å². The number of nitrogens with zero attached hydrogens (tertiary/aromatic N) is 2. The van der Waals surface area contributed by atoms with E-state index in [4.69, 9.17) is 5.11 Å². The van der Waals surface area contributed by atoms with Crippen LogP contribution in [0.4, 0.5) is 4.79 Å². The highest BCUT2D eigenvalue weighted by Gasteiger charge is 2.18. The highest BCUT2D eigenvalue weighted by molar-refractivity contribution is 7.16. The Bertz CT molecular complexity index is 1060. The number of phenols is 1. The van der Waals surface area contributed by atoms with E-state index in [-0.39, 0.29) is 17.9 Å². The summed E-state index contributed by atoms with van der Waals surface area (Å²) in [6, 6.07) is 2.86. The second-order valence-electron chi connectivity index (χ2n) is 5.89. The van der Waals surface area contributed by atoms with Crippen molar-refractivity contribution in [3.8, 4) is 26.9 Å². The minimum atomic E-state index is -1.18. The molecule has 0 saturated heterocycles. The van der Waals surface area contributed by atoms with Gasteiger partial charge in [0.25, 0.3) is 0 Å². The number of aromatic carboxylic acids is 1. The van der Waals surface area contributed by atoms with E-state index in [2.05, 4.69) is 20.0 Å². The van der Waals surface area contributed by atoms with E-state index < -0.39 is 12.1 Å². The average Bonchev–Trinajstić information content (AvgIpc) is 3.27. The Hall–Kier alpha value is -2.98. The highest BCUT2D eigenvalue weighted by atomic mass is 32.1. The van der Waals surface area contributed by atoms with E-state index in [9.17, 15) is 14.7 Å². The van der Waals surface area contributed by atoms with Crippen molar-refractivity contribution in [2.24, 2.45) is 0 Å². The first-order chi connectivity index (χ1) is 13.3. The fraction of sp³-hybridized carbons (Fsp3) is 0.222. The van der Waals surface area contributed by atoms with Gasteiger partial charge >= 0.3 is 12.1 Å². The molecule has 0 radical (unpaired) electrons. The van der Waals surface area contributed by atoms with E-state index in [0.717, 1.165) is 21.3 Å². The van der Waals surface area contributed by atoms with Crippen LogP contribution in [0.5, 0.6) is 5.75 Å². The van der Waals surface area contributed by atoms with Crippen molar-refractivity contribution in [1.82, 2.24) is 15.3 Å². The summed E-state index contributed by atoms with van der Waals surface area (Å²) in [5.41, 5.74) is 2.78. The Morgan fingerprint density at radius 3 is 2.68 bits per heavy atom. The molecule has 0 fully saturated rings. The molecule has 3 rings (SSSR count). The Morgan fingerprint density at radius 2 is 2.00 bits per heavy atom. The maximum Gasteiger partial charge on any atom is 0.407 e. The van der Waals surface area contributed by atoms with Crippen molar-refractivity contribution in [3.63, 3.8) is 0 Å². The molecule has 0 spiro atoms. The van der Waals surface area contributed by atoms with Gasteiger partial charge in [-0.1, -0.05) is 0 Å². The van der Waals surface area contributed by atoms with Crippen LogP contribution < -0.4 is 5.32 Å². The molecule has 146 valence electrons. The number of hydrogen-bond donors (Lipinski definition) is 3. The van der Waals surface area contributed by atoms with E-state index in [0.29, 0.717) is 16.1 Å². The maximum absolute atomic E-state index is 11.2. The van der Waals surface area contributed by atoms with Gasteiger partial charge in [-0.15, -0.1) is 22.7 Å². The number of ether oxygens (including phenoxy) is 1. The fourth-order valence-electron chi connectivity index (χ4n) is 2.59. The smallest absolute Gasteiger partial charge is 0.407 e. The zero-order valence-corrected chi connectivity index (χ0v) is 16.9. The number of carbonyl (C=O) groups excluding carboxylic acids is 1. The summed E-state index contributed by atoms with van der Waals surface area (Å²) in [7, 11) is 1.30. The van der Waals surface area contributed by atoms with Crippen LogP contribution in [0.25, 0.3) is 21.1 Å². The van der Waals surface area contributed by atoms with Crippen molar-refractivity contribution in [2.75, 3.05) is 7.11 Å². The number of aromatic nitrogens is 2. The zero-order valence-electron chi connectivity index (χ0n) is 15.3. The number of carboxylic acids is 1. The minimum Gasteiger partial charge on any atom is -0.507 e. The largest absolute Gasteiger partial charge is 0.507 e. The lowest BCUT2D eigenvalue weighted by molar-refractivity contribution is 0.0693. The summed E-state index contributed by atoms with van der Waals surface area (Å²) < 4.78 is 4.55. The summed E-state index contributed by atoms with van der Waals surface area (Å²) in [5.74, 6) is -1.48. The lowest BCUT2D eigenvalue weighted by Gasteiger charge is -2.06. The van der Waals surface area contributed by atoms with Gasteiger partial charge in [-0.25, -0.2) is 19.6 Å². The molecule has 10 heteroatoms. The topological polar surface area (TPSA) is 122 Å². The van der Waals surface area contributed by atoms with Crippen LogP contribution >= 0.6 is 22.7 Å². The fourth-order valence-corrected chi connectivity index (χ4v) is 4.52. The lowest BCUT2D eigenvalue weighted by Crippen LogP contribution is -2.22. The van der Waals surface area contributed by atoms with Crippen LogP contribution in [0.15, 0.2) is 17.5 Å². The van der Waals surface area contributed by atoms with Crippen LogP contribution in [0, 0.1) is 13.8 Å². The maximum atomic E-state index is 11.2. The number of hydrogen-bond acceptors (Lipinski definition) is 8. The molecule has 0 aliphatic heterocycles. The lowest BCUT2D eigenvalue weighted by atomic mass is 10.0. The predicted molar refractivity (Wildman–Crippen MR) is 106 cm³/mol. The molecule has 0 aliphatic carbocycles. The minimum absolute atomic E-state index is 0.140. The molecule has 2 aromatic heterocycles. The molecule has 8 nitrogen and oxygen atoms in total. The number of carboxylic acid groups (broad SMARTS) is 1. The third kappa shape index (κ3) is 3.97. The first-order valence-corrected chi connectivity index (χ1v) is 9.81. The van der Waals surface area contributed by atoms with Gasteiger partial charge in [-0.05, 0) is 31.5 Å². The third-order valence-electron chi connectivity index (χ3n) is 3.95. The van der Waals surface area contributed by atoms with Gasteiger partial charge in [0.1, 0.15) is 21.3 Å². The summed E-state index contributed by atoms with van der Waals surface area (Å²) in [6.45, 7) is 3.90. The molecule has 0 aliphatic rings. The summed E-state index contributed by atoms with van der Waals surface area (Å²) in [5, 5.41) is 25.0. The van der Waals surface area contributed by atoms with E-state index in [1.165, 1.54) is 41.9 Å². The molecular weight excluding hydrogens is 402 g/mol. The number of alkyl carbamates (subject to hydrolysis) is 1. The number of thiazole rings is 2. The molecule has 0 unspecified atom stereocenters. The molecule has 1 aromatic carbocycles.